The summed E-state index contributed by atoms with van der Waals surface area (Å²) in [6.45, 7) is 7.73. The van der Waals surface area contributed by atoms with Crippen LogP contribution in [-0.2, 0) is 14.3 Å². The Hall–Kier alpha value is -1.82. The highest BCUT2D eigenvalue weighted by Gasteiger charge is 2.03. The van der Waals surface area contributed by atoms with Gasteiger partial charge in [-0.2, -0.15) is 0 Å². The van der Waals surface area contributed by atoms with Crippen LogP contribution in [0.1, 0.15) is 0 Å². The Labute approximate surface area is 108 Å². The van der Waals surface area contributed by atoms with Gasteiger partial charge in [0.15, 0.2) is 0 Å². The Kier molecular flexibility index (Phi) is 10.7. The van der Waals surface area contributed by atoms with E-state index >= 15 is 0 Å². The van der Waals surface area contributed by atoms with Gasteiger partial charge in [-0.1, -0.05) is 13.2 Å². The zero-order valence-corrected chi connectivity index (χ0v) is 11.5. The average molecular weight is 258 g/mol. The molecule has 0 aromatic rings. The lowest BCUT2D eigenvalue weighted by molar-refractivity contribution is -0.138. The molecule has 6 heteroatoms. The number of carbonyl (C=O) groups is 2. The van der Waals surface area contributed by atoms with Crippen molar-refractivity contribution in [2.45, 2.75) is 0 Å². The minimum atomic E-state index is -0.977. The van der Waals surface area contributed by atoms with E-state index in [0.29, 0.717) is 6.61 Å². The third-order valence-corrected chi connectivity index (χ3v) is 1.74. The topological polar surface area (TPSA) is 70.1 Å². The maximum Gasteiger partial charge on any atom is 0.351 e. The second-order valence-corrected chi connectivity index (χ2v) is 3.82. The van der Waals surface area contributed by atoms with Crippen LogP contribution in [0.25, 0.3) is 0 Å². The molecule has 0 heterocycles. The van der Waals surface area contributed by atoms with Crippen molar-refractivity contribution in [3.8, 4) is 0 Å². The SMILES string of the molecule is C=C(C(=O)O)N(C)C.C=CC(=O)OCCN(C)C. The average Bonchev–Trinajstić information content (AvgIpc) is 2.27. The van der Waals surface area contributed by atoms with Gasteiger partial charge in [0, 0.05) is 26.7 Å². The summed E-state index contributed by atoms with van der Waals surface area (Å²) in [5, 5.41) is 8.21. The van der Waals surface area contributed by atoms with E-state index in [4.69, 9.17) is 9.84 Å². The number of esters is 1. The molecule has 0 aliphatic heterocycles. The highest BCUT2D eigenvalue weighted by Crippen LogP contribution is 1.91. The van der Waals surface area contributed by atoms with Gasteiger partial charge in [0.2, 0.25) is 0 Å². The summed E-state index contributed by atoms with van der Waals surface area (Å²) in [5.74, 6) is -1.34. The molecule has 0 radical (unpaired) electrons. The van der Waals surface area contributed by atoms with Crippen molar-refractivity contribution in [2.75, 3.05) is 41.3 Å². The van der Waals surface area contributed by atoms with Crippen molar-refractivity contribution in [1.82, 2.24) is 9.80 Å². The number of rotatable bonds is 6. The molecule has 0 aromatic heterocycles. The van der Waals surface area contributed by atoms with Crippen molar-refractivity contribution in [1.29, 1.82) is 0 Å². The molecule has 0 atom stereocenters. The summed E-state index contributed by atoms with van der Waals surface area (Å²) in [6, 6.07) is 0. The van der Waals surface area contributed by atoms with E-state index in [1.165, 1.54) is 4.90 Å². The van der Waals surface area contributed by atoms with Crippen molar-refractivity contribution in [2.24, 2.45) is 0 Å². The Morgan fingerprint density at radius 2 is 1.78 bits per heavy atom. The van der Waals surface area contributed by atoms with Crippen LogP contribution in [0.5, 0.6) is 0 Å². The molecular weight excluding hydrogens is 236 g/mol. The number of carbonyl (C=O) groups excluding carboxylic acids is 1. The first-order valence-electron chi connectivity index (χ1n) is 5.25. The van der Waals surface area contributed by atoms with Gasteiger partial charge < -0.3 is 19.6 Å². The lowest BCUT2D eigenvalue weighted by Crippen LogP contribution is -2.19. The maximum atomic E-state index is 10.4. The van der Waals surface area contributed by atoms with Crippen LogP contribution in [0.3, 0.4) is 0 Å². The molecule has 104 valence electrons. The monoisotopic (exact) mass is 258 g/mol. The van der Waals surface area contributed by atoms with Gasteiger partial charge in [-0.25, -0.2) is 9.59 Å². The summed E-state index contributed by atoms with van der Waals surface area (Å²) in [4.78, 5) is 23.8. The van der Waals surface area contributed by atoms with Gasteiger partial charge in [-0.15, -0.1) is 0 Å². The molecule has 6 nitrogen and oxygen atoms in total. The number of nitrogens with zero attached hydrogens (tertiary/aromatic N) is 2. The highest BCUT2D eigenvalue weighted by molar-refractivity contribution is 5.84. The van der Waals surface area contributed by atoms with Crippen LogP contribution in [0, 0.1) is 0 Å². The summed E-state index contributed by atoms with van der Waals surface area (Å²) in [5.41, 5.74) is 0.102. The van der Waals surface area contributed by atoms with Crippen LogP contribution >= 0.6 is 0 Å². The van der Waals surface area contributed by atoms with Gasteiger partial charge in [-0.05, 0) is 14.1 Å². The minimum absolute atomic E-state index is 0.102. The van der Waals surface area contributed by atoms with Crippen LogP contribution in [0.15, 0.2) is 24.9 Å². The first-order chi connectivity index (χ1) is 8.22. The lowest BCUT2D eigenvalue weighted by Gasteiger charge is -2.09. The molecule has 0 aromatic carbocycles. The molecule has 0 fully saturated rings. The smallest absolute Gasteiger partial charge is 0.351 e. The Balaban J connectivity index is 0. The number of aliphatic carboxylic acids is 1. The van der Waals surface area contributed by atoms with Gasteiger partial charge in [0.25, 0.3) is 0 Å². The predicted octanol–water partition coefficient (Wildman–Crippen LogP) is 0.423. The number of likely N-dealkylation sites (N-methyl/N-ethyl adjacent to an activating group) is 2. The Morgan fingerprint density at radius 3 is 2.00 bits per heavy atom. The van der Waals surface area contributed by atoms with E-state index < -0.39 is 5.97 Å². The van der Waals surface area contributed by atoms with Gasteiger partial charge in [0.05, 0.1) is 0 Å². The summed E-state index contributed by atoms with van der Waals surface area (Å²) >= 11 is 0. The molecular formula is C12H22N2O4. The lowest BCUT2D eigenvalue weighted by atomic mass is 10.5. The zero-order chi connectivity index (χ0) is 14.7. The molecule has 0 saturated carbocycles. The van der Waals surface area contributed by atoms with Gasteiger partial charge in [0.1, 0.15) is 12.3 Å². The molecule has 1 N–H and O–H groups in total. The fourth-order valence-electron chi connectivity index (χ4n) is 0.579. The molecule has 0 rings (SSSR count). The molecule has 0 aliphatic rings. The van der Waals surface area contributed by atoms with E-state index in [9.17, 15) is 9.59 Å². The van der Waals surface area contributed by atoms with Gasteiger partial charge in [-0.3, -0.25) is 0 Å². The maximum absolute atomic E-state index is 10.4. The van der Waals surface area contributed by atoms with Crippen LogP contribution in [-0.4, -0.2) is 68.2 Å². The number of carboxylic acid groups (broad SMARTS) is 1. The minimum Gasteiger partial charge on any atom is -0.477 e. The number of hydrogen-bond acceptors (Lipinski definition) is 5. The van der Waals surface area contributed by atoms with Crippen molar-refractivity contribution >= 4 is 11.9 Å². The van der Waals surface area contributed by atoms with Crippen molar-refractivity contribution in [3.63, 3.8) is 0 Å². The first-order valence-corrected chi connectivity index (χ1v) is 5.25. The van der Waals surface area contributed by atoms with E-state index in [0.717, 1.165) is 12.6 Å². The van der Waals surface area contributed by atoms with Crippen molar-refractivity contribution in [3.05, 3.63) is 24.9 Å². The third kappa shape index (κ3) is 12.3. The highest BCUT2D eigenvalue weighted by atomic mass is 16.5. The van der Waals surface area contributed by atoms with Crippen molar-refractivity contribution < 1.29 is 19.4 Å². The molecule has 0 spiro atoms. The molecule has 0 amide bonds. The summed E-state index contributed by atoms with van der Waals surface area (Å²) in [6.07, 6.45) is 1.16. The van der Waals surface area contributed by atoms with E-state index in [2.05, 4.69) is 13.2 Å². The summed E-state index contributed by atoms with van der Waals surface area (Å²) in [7, 11) is 7.11. The standard InChI is InChI=1S/C7H13NO2.C5H9NO2/c1-4-7(9)10-6-5-8(2)3;1-4(5(7)8)6(2)3/h4H,1,5-6H2,2-3H3;1H2,2-3H3,(H,7,8). The molecule has 0 aliphatic carbocycles. The number of ether oxygens (including phenoxy) is 1. The normalized spacial score (nSPS) is 8.94. The van der Waals surface area contributed by atoms with Crippen LogP contribution < -0.4 is 0 Å². The first kappa shape index (κ1) is 18.5. The van der Waals surface area contributed by atoms with E-state index in [1.807, 2.05) is 19.0 Å². The molecule has 0 saturated heterocycles. The Morgan fingerprint density at radius 1 is 1.28 bits per heavy atom. The van der Waals surface area contributed by atoms with Crippen LogP contribution in [0.2, 0.25) is 0 Å². The molecule has 0 unspecified atom stereocenters. The molecule has 18 heavy (non-hydrogen) atoms. The van der Waals surface area contributed by atoms with E-state index in [-0.39, 0.29) is 11.7 Å². The fraction of sp³-hybridized carbons (Fsp3) is 0.500. The molecule has 0 bridgehead atoms. The van der Waals surface area contributed by atoms with Gasteiger partial charge >= 0.3 is 11.9 Å². The zero-order valence-electron chi connectivity index (χ0n) is 11.5. The van der Waals surface area contributed by atoms with Crippen LogP contribution in [0.4, 0.5) is 0 Å². The van der Waals surface area contributed by atoms with E-state index in [1.54, 1.807) is 14.1 Å². The Bertz CT molecular complexity index is 298. The second-order valence-electron chi connectivity index (χ2n) is 3.82. The largest absolute Gasteiger partial charge is 0.477 e. The number of carboxylic acids is 1. The third-order valence-electron chi connectivity index (χ3n) is 1.74. The number of hydrogen-bond donors (Lipinski definition) is 1. The quantitative estimate of drug-likeness (QED) is 0.550. The summed E-state index contributed by atoms with van der Waals surface area (Å²) < 4.78 is 4.70. The second kappa shape index (κ2) is 10.3. The predicted molar refractivity (Wildman–Crippen MR) is 70.2 cm³/mol. The fourth-order valence-corrected chi connectivity index (χ4v) is 0.579.